The number of carbonyl (C=O) groups is 2. The highest BCUT2D eigenvalue weighted by Gasteiger charge is 2.37. The number of amides is 2. The van der Waals surface area contributed by atoms with E-state index in [2.05, 4.69) is 4.99 Å². The molecule has 1 rings (SSSR count). The number of nitrogens with two attached hydrogens (primary N) is 1. The van der Waals surface area contributed by atoms with Crippen molar-refractivity contribution in [1.29, 1.82) is 0 Å². The van der Waals surface area contributed by atoms with Crippen LogP contribution in [0.5, 0.6) is 0 Å². The monoisotopic (exact) mass is 585 g/mol. The number of rotatable bonds is 8. The summed E-state index contributed by atoms with van der Waals surface area (Å²) < 4.78 is 41.1. The van der Waals surface area contributed by atoms with Crippen molar-refractivity contribution in [2.75, 3.05) is 6.54 Å². The zero-order valence-corrected chi connectivity index (χ0v) is 27.0. The van der Waals surface area contributed by atoms with Gasteiger partial charge in [0.05, 0.1) is 17.8 Å². The maximum absolute atomic E-state index is 13.4. The number of benzene rings is 1. The smallest absolute Gasteiger partial charge is 0.443 e. The van der Waals surface area contributed by atoms with Gasteiger partial charge in [-0.15, -0.1) is 4.99 Å². The minimum absolute atomic E-state index is 0.0324. The van der Waals surface area contributed by atoms with Crippen LogP contribution in [0.15, 0.2) is 29.3 Å². The summed E-state index contributed by atoms with van der Waals surface area (Å²) in [6.45, 7) is 20.9. The molecule has 0 saturated heterocycles. The fraction of sp³-hybridized carbons (Fsp3) is 0.679. The first kappa shape index (κ1) is 35.6. The fourth-order valence-electron chi connectivity index (χ4n) is 3.07. The predicted octanol–water partition coefficient (Wildman–Crippen LogP) is 6.97. The topological polar surface area (TPSA) is 139 Å². The van der Waals surface area contributed by atoms with Crippen molar-refractivity contribution in [3.63, 3.8) is 0 Å². The Morgan fingerprint density at radius 1 is 0.825 bits per heavy atom. The maximum Gasteiger partial charge on any atom is 0.476 e. The minimum atomic E-state index is -3.89. The lowest BCUT2D eigenvalue weighted by Gasteiger charge is -2.31. The molecule has 1 aromatic rings. The van der Waals surface area contributed by atoms with E-state index >= 15 is 0 Å². The van der Waals surface area contributed by atoms with Gasteiger partial charge in [0.2, 0.25) is 5.96 Å². The third-order valence-corrected chi connectivity index (χ3v) is 6.25. The van der Waals surface area contributed by atoms with Crippen LogP contribution < -0.4 is 5.73 Å². The Kier molecular flexibility index (Phi) is 12.0. The largest absolute Gasteiger partial charge is 0.476 e. The number of guanidine groups is 1. The van der Waals surface area contributed by atoms with Crippen molar-refractivity contribution in [2.45, 2.75) is 119 Å². The second-order valence-corrected chi connectivity index (χ2v) is 14.8. The highest BCUT2D eigenvalue weighted by molar-refractivity contribution is 7.48. The first-order valence-corrected chi connectivity index (χ1v) is 14.6. The quantitative estimate of drug-likeness (QED) is 0.195. The standard InChI is InChI=1S/C28H48N3O8P/c1-25(2,3)36-23(32)30-22(29)31(24(33)37-26(4,5)6)17-16-20-14-13-15-21(18-20)19-35-40(34,38-27(7,8)9)39-28(10,11)12/h13-15,18H,16-17,19H2,1-12H3,(H2,29,30,32). The summed E-state index contributed by atoms with van der Waals surface area (Å²) in [6, 6.07) is 7.32. The summed E-state index contributed by atoms with van der Waals surface area (Å²) in [5.41, 5.74) is 4.50. The van der Waals surface area contributed by atoms with Crippen LogP contribution in [0, 0.1) is 0 Å². The van der Waals surface area contributed by atoms with Gasteiger partial charge in [0.25, 0.3) is 0 Å². The lowest BCUT2D eigenvalue weighted by molar-refractivity contribution is 0.000734. The molecule has 11 nitrogen and oxygen atoms in total. The van der Waals surface area contributed by atoms with Crippen molar-refractivity contribution < 1.29 is 37.2 Å². The lowest BCUT2D eigenvalue weighted by atomic mass is 10.1. The molecule has 0 atom stereocenters. The summed E-state index contributed by atoms with van der Waals surface area (Å²) in [4.78, 5) is 29.9. The molecule has 1 aromatic carbocycles. The van der Waals surface area contributed by atoms with Gasteiger partial charge in [0, 0.05) is 6.54 Å². The van der Waals surface area contributed by atoms with Crippen molar-refractivity contribution in [3.8, 4) is 0 Å². The van der Waals surface area contributed by atoms with Crippen LogP contribution in [-0.4, -0.2) is 52.0 Å². The van der Waals surface area contributed by atoms with Gasteiger partial charge in [0.1, 0.15) is 11.2 Å². The van der Waals surface area contributed by atoms with E-state index < -0.39 is 42.4 Å². The first-order valence-electron chi connectivity index (χ1n) is 13.2. The number of nitrogens with zero attached hydrogens (tertiary/aromatic N) is 2. The third-order valence-electron chi connectivity index (χ3n) is 4.27. The summed E-state index contributed by atoms with van der Waals surface area (Å²) in [5, 5.41) is 0. The molecule has 0 bridgehead atoms. The molecule has 0 aliphatic carbocycles. The first-order chi connectivity index (χ1) is 17.9. The van der Waals surface area contributed by atoms with Crippen molar-refractivity contribution in [3.05, 3.63) is 35.4 Å². The number of aliphatic imine (C=N–C) groups is 1. The number of hydrogen-bond acceptors (Lipinski definition) is 8. The molecule has 2 N–H and O–H groups in total. The molecule has 0 unspecified atom stereocenters. The minimum Gasteiger partial charge on any atom is -0.443 e. The van der Waals surface area contributed by atoms with Crippen LogP contribution in [-0.2, 0) is 40.6 Å². The molecule has 0 aliphatic rings. The highest BCUT2D eigenvalue weighted by atomic mass is 31.2. The average molecular weight is 586 g/mol. The van der Waals surface area contributed by atoms with Crippen LogP contribution in [0.2, 0.25) is 0 Å². The zero-order valence-electron chi connectivity index (χ0n) is 26.1. The predicted molar refractivity (Wildman–Crippen MR) is 155 cm³/mol. The van der Waals surface area contributed by atoms with Gasteiger partial charge in [-0.05, 0) is 101 Å². The van der Waals surface area contributed by atoms with E-state index in [1.54, 1.807) is 83.1 Å². The Labute approximate surface area is 239 Å². The molecule has 0 fully saturated rings. The van der Waals surface area contributed by atoms with Crippen molar-refractivity contribution in [2.24, 2.45) is 10.7 Å². The van der Waals surface area contributed by atoms with Crippen LogP contribution >= 0.6 is 7.82 Å². The molecule has 0 heterocycles. The molecule has 0 spiro atoms. The third kappa shape index (κ3) is 15.4. The van der Waals surface area contributed by atoms with Crippen LogP contribution in [0.4, 0.5) is 9.59 Å². The SMILES string of the molecule is CC(C)(C)OC(=O)N=C(N)N(CCc1cccc(COP(=O)(OC(C)(C)C)OC(C)(C)C)c1)C(=O)OC(C)(C)C. The zero-order chi connectivity index (χ0) is 31.2. The van der Waals surface area contributed by atoms with Crippen LogP contribution in [0.3, 0.4) is 0 Å². The number of phosphoric acid groups is 1. The summed E-state index contributed by atoms with van der Waals surface area (Å²) in [5.74, 6) is -0.345. The van der Waals surface area contributed by atoms with E-state index in [4.69, 9.17) is 28.8 Å². The molecular formula is C28H48N3O8P. The van der Waals surface area contributed by atoms with E-state index in [0.717, 1.165) is 10.5 Å². The van der Waals surface area contributed by atoms with Gasteiger partial charge in [-0.25, -0.2) is 19.1 Å². The summed E-state index contributed by atoms with van der Waals surface area (Å²) in [7, 11) is -3.89. The molecule has 2 amide bonds. The highest BCUT2D eigenvalue weighted by Crippen LogP contribution is 2.55. The molecular weight excluding hydrogens is 537 g/mol. The van der Waals surface area contributed by atoms with E-state index in [1.165, 1.54) is 0 Å². The van der Waals surface area contributed by atoms with Gasteiger partial charge < -0.3 is 15.2 Å². The number of ether oxygens (including phenoxy) is 2. The molecule has 0 aliphatic heterocycles. The molecule has 0 saturated carbocycles. The van der Waals surface area contributed by atoms with Crippen LogP contribution in [0.1, 0.15) is 94.2 Å². The Bertz CT molecular complexity index is 1070. The second-order valence-electron chi connectivity index (χ2n) is 13.3. The normalized spacial score (nSPS) is 13.7. The van der Waals surface area contributed by atoms with Gasteiger partial charge in [-0.2, -0.15) is 0 Å². The molecule has 0 aromatic heterocycles. The Balaban J connectivity index is 3.10. The van der Waals surface area contributed by atoms with Crippen molar-refractivity contribution >= 4 is 26.0 Å². The summed E-state index contributed by atoms with van der Waals surface area (Å²) in [6.07, 6.45) is -1.33. The average Bonchev–Trinajstić information content (AvgIpc) is 2.67. The fourth-order valence-corrected chi connectivity index (χ4v) is 4.86. The van der Waals surface area contributed by atoms with Gasteiger partial charge in [-0.1, -0.05) is 24.3 Å². The van der Waals surface area contributed by atoms with E-state index in [-0.39, 0.29) is 19.1 Å². The molecule has 0 radical (unpaired) electrons. The number of hydrogen-bond donors (Lipinski definition) is 1. The second kappa shape index (κ2) is 13.5. The number of carbonyl (C=O) groups excluding carboxylic acids is 2. The Morgan fingerprint density at radius 2 is 1.32 bits per heavy atom. The molecule has 12 heteroatoms. The van der Waals surface area contributed by atoms with Gasteiger partial charge in [0.15, 0.2) is 0 Å². The summed E-state index contributed by atoms with van der Waals surface area (Å²) >= 11 is 0. The lowest BCUT2D eigenvalue weighted by Crippen LogP contribution is -2.46. The van der Waals surface area contributed by atoms with E-state index in [1.807, 2.05) is 24.3 Å². The van der Waals surface area contributed by atoms with Crippen molar-refractivity contribution in [1.82, 2.24) is 4.90 Å². The Hall–Kier alpha value is -2.46. The number of phosphoric ester groups is 1. The maximum atomic E-state index is 13.4. The molecule has 40 heavy (non-hydrogen) atoms. The molecule has 228 valence electrons. The Morgan fingerprint density at radius 3 is 1.80 bits per heavy atom. The van der Waals surface area contributed by atoms with E-state index in [9.17, 15) is 14.2 Å². The van der Waals surface area contributed by atoms with Gasteiger partial charge >= 0.3 is 20.0 Å². The van der Waals surface area contributed by atoms with E-state index in [0.29, 0.717) is 12.0 Å². The van der Waals surface area contributed by atoms with Gasteiger partial charge in [-0.3, -0.25) is 13.6 Å². The van der Waals surface area contributed by atoms with Crippen LogP contribution in [0.25, 0.3) is 0 Å².